The maximum atomic E-state index is 12.7. The highest BCUT2D eigenvalue weighted by Gasteiger charge is 2.18. The molecule has 1 aromatic heterocycles. The number of nitrogens with zero attached hydrogens (tertiary/aromatic N) is 2. The van der Waals surface area contributed by atoms with E-state index in [2.05, 4.69) is 5.32 Å². The average molecular weight is 353 g/mol. The quantitative estimate of drug-likeness (QED) is 0.736. The molecule has 0 aliphatic carbocycles. The van der Waals surface area contributed by atoms with E-state index >= 15 is 0 Å². The number of hydrogen-bond donors (Lipinski definition) is 2. The second-order valence-electron chi connectivity index (χ2n) is 5.74. The number of benzene rings is 2. The summed E-state index contributed by atoms with van der Waals surface area (Å²) in [6, 6.07) is 15.5. The molecule has 0 saturated heterocycles. The fourth-order valence-corrected chi connectivity index (χ4v) is 2.61. The van der Waals surface area contributed by atoms with Gasteiger partial charge in [-0.15, -0.1) is 0 Å². The summed E-state index contributed by atoms with van der Waals surface area (Å²) in [5.74, 6) is -0.337. The maximum absolute atomic E-state index is 12.7. The summed E-state index contributed by atoms with van der Waals surface area (Å²) in [5, 5.41) is 12.3. The highest BCUT2D eigenvalue weighted by atomic mass is 16.5. The van der Waals surface area contributed by atoms with Crippen molar-refractivity contribution in [2.75, 3.05) is 11.9 Å². The zero-order valence-corrected chi connectivity index (χ0v) is 14.5. The van der Waals surface area contributed by atoms with Gasteiger partial charge in [-0.2, -0.15) is 0 Å². The average Bonchev–Trinajstić information content (AvgIpc) is 2.85. The SMILES string of the molecule is Cc1c(NC(=O)COc2ccccc2O)c(=O)n(-c2ccccc2)n1C. The number of hydrogen-bond acceptors (Lipinski definition) is 4. The lowest BCUT2D eigenvalue weighted by molar-refractivity contribution is -0.118. The third kappa shape index (κ3) is 3.32. The first kappa shape index (κ1) is 17.3. The predicted molar refractivity (Wildman–Crippen MR) is 98.0 cm³/mol. The molecule has 0 atom stereocenters. The standard InChI is InChI=1S/C19H19N3O4/c1-13-18(19(25)22(21(13)2)14-8-4-3-5-9-14)20-17(24)12-26-16-11-7-6-10-15(16)23/h3-11,23H,12H2,1-2H3,(H,20,24). The Hall–Kier alpha value is -3.48. The lowest BCUT2D eigenvalue weighted by Crippen LogP contribution is -2.25. The molecule has 0 aliphatic heterocycles. The first-order valence-corrected chi connectivity index (χ1v) is 8.03. The van der Waals surface area contributed by atoms with Crippen LogP contribution in [0.4, 0.5) is 5.69 Å². The van der Waals surface area contributed by atoms with Gasteiger partial charge in [0.2, 0.25) is 0 Å². The highest BCUT2D eigenvalue weighted by molar-refractivity contribution is 5.92. The Balaban J connectivity index is 1.79. The van der Waals surface area contributed by atoms with Crippen molar-refractivity contribution in [1.29, 1.82) is 0 Å². The molecule has 0 spiro atoms. The van der Waals surface area contributed by atoms with Crippen molar-refractivity contribution in [2.24, 2.45) is 7.05 Å². The zero-order chi connectivity index (χ0) is 18.7. The Bertz CT molecular complexity index is 990. The van der Waals surface area contributed by atoms with Gasteiger partial charge >= 0.3 is 0 Å². The van der Waals surface area contributed by atoms with Crippen molar-refractivity contribution in [3.63, 3.8) is 0 Å². The van der Waals surface area contributed by atoms with E-state index in [1.165, 1.54) is 10.7 Å². The van der Waals surface area contributed by atoms with Crippen LogP contribution >= 0.6 is 0 Å². The van der Waals surface area contributed by atoms with Crippen LogP contribution in [0.25, 0.3) is 5.69 Å². The Morgan fingerprint density at radius 1 is 1.12 bits per heavy atom. The first-order valence-electron chi connectivity index (χ1n) is 8.03. The lowest BCUT2D eigenvalue weighted by atomic mass is 10.3. The molecule has 3 rings (SSSR count). The third-order valence-corrected chi connectivity index (χ3v) is 4.04. The second-order valence-corrected chi connectivity index (χ2v) is 5.74. The van der Waals surface area contributed by atoms with E-state index in [0.29, 0.717) is 11.4 Å². The molecule has 26 heavy (non-hydrogen) atoms. The summed E-state index contributed by atoms with van der Waals surface area (Å²) in [4.78, 5) is 24.9. The summed E-state index contributed by atoms with van der Waals surface area (Å²) in [7, 11) is 1.75. The monoisotopic (exact) mass is 353 g/mol. The molecular formula is C19H19N3O4. The van der Waals surface area contributed by atoms with Gasteiger partial charge in [0.05, 0.1) is 11.4 Å². The molecule has 1 heterocycles. The molecule has 1 amide bonds. The van der Waals surface area contributed by atoms with Crippen molar-refractivity contribution in [2.45, 2.75) is 6.92 Å². The summed E-state index contributed by atoms with van der Waals surface area (Å²) in [6.07, 6.45) is 0. The van der Waals surface area contributed by atoms with Gasteiger partial charge < -0.3 is 15.2 Å². The molecule has 3 aromatic rings. The van der Waals surface area contributed by atoms with Crippen molar-refractivity contribution in [3.8, 4) is 17.2 Å². The first-order chi connectivity index (χ1) is 12.5. The van der Waals surface area contributed by atoms with Crippen molar-refractivity contribution >= 4 is 11.6 Å². The van der Waals surface area contributed by atoms with Gasteiger partial charge in [-0.3, -0.25) is 14.3 Å². The third-order valence-electron chi connectivity index (χ3n) is 4.04. The van der Waals surface area contributed by atoms with Crippen molar-refractivity contribution in [1.82, 2.24) is 9.36 Å². The number of aromatic nitrogens is 2. The summed E-state index contributed by atoms with van der Waals surface area (Å²) >= 11 is 0. The molecule has 0 unspecified atom stereocenters. The number of carbonyl (C=O) groups is 1. The van der Waals surface area contributed by atoms with Crippen molar-refractivity contribution < 1.29 is 14.6 Å². The van der Waals surface area contributed by atoms with E-state index in [4.69, 9.17) is 4.74 Å². The number of phenolic OH excluding ortho intramolecular Hbond substituents is 1. The van der Waals surface area contributed by atoms with Gasteiger partial charge in [0.25, 0.3) is 11.5 Å². The molecule has 2 N–H and O–H groups in total. The Morgan fingerprint density at radius 3 is 2.46 bits per heavy atom. The largest absolute Gasteiger partial charge is 0.504 e. The topological polar surface area (TPSA) is 85.5 Å². The fraction of sp³-hybridized carbons (Fsp3) is 0.158. The number of amides is 1. The molecule has 0 aliphatic rings. The number of ether oxygens (including phenoxy) is 1. The van der Waals surface area contributed by atoms with Gasteiger partial charge in [0.1, 0.15) is 5.69 Å². The van der Waals surface area contributed by atoms with Gasteiger partial charge in [0.15, 0.2) is 18.1 Å². The van der Waals surface area contributed by atoms with Gasteiger partial charge in [-0.25, -0.2) is 4.68 Å². The van der Waals surface area contributed by atoms with Crippen LogP contribution in [0.5, 0.6) is 11.5 Å². The summed E-state index contributed by atoms with van der Waals surface area (Å²) in [5.41, 5.74) is 1.19. The highest BCUT2D eigenvalue weighted by Crippen LogP contribution is 2.24. The Morgan fingerprint density at radius 2 is 1.77 bits per heavy atom. The van der Waals surface area contributed by atoms with Crippen LogP contribution in [-0.4, -0.2) is 27.0 Å². The van der Waals surface area contributed by atoms with Gasteiger partial charge in [-0.1, -0.05) is 30.3 Å². The van der Waals surface area contributed by atoms with Crippen LogP contribution in [0.15, 0.2) is 59.4 Å². The van der Waals surface area contributed by atoms with E-state index in [0.717, 1.165) is 0 Å². The molecule has 0 radical (unpaired) electrons. The predicted octanol–water partition coefficient (Wildman–Crippen LogP) is 2.21. The number of carbonyl (C=O) groups excluding carboxylic acids is 1. The number of aromatic hydroxyl groups is 1. The molecule has 2 aromatic carbocycles. The van der Waals surface area contributed by atoms with Crippen LogP contribution in [0.2, 0.25) is 0 Å². The van der Waals surface area contributed by atoms with Crippen molar-refractivity contribution in [3.05, 3.63) is 70.6 Å². The number of nitrogens with one attached hydrogen (secondary N) is 1. The summed E-state index contributed by atoms with van der Waals surface area (Å²) in [6.45, 7) is 1.43. The molecule has 7 heteroatoms. The van der Waals surface area contributed by atoms with E-state index < -0.39 is 5.91 Å². The number of para-hydroxylation sites is 3. The molecule has 0 saturated carbocycles. The Kier molecular flexibility index (Phi) is 4.79. The lowest BCUT2D eigenvalue weighted by Gasteiger charge is -2.08. The smallest absolute Gasteiger partial charge is 0.295 e. The number of anilines is 1. The second kappa shape index (κ2) is 7.18. The Labute approximate surface area is 150 Å². The maximum Gasteiger partial charge on any atom is 0.295 e. The van der Waals surface area contributed by atoms with E-state index in [1.54, 1.807) is 36.9 Å². The molecular weight excluding hydrogens is 334 g/mol. The van der Waals surface area contributed by atoms with Crippen LogP contribution in [0.3, 0.4) is 0 Å². The van der Waals surface area contributed by atoms with Crippen LogP contribution in [0.1, 0.15) is 5.69 Å². The molecule has 0 fully saturated rings. The number of rotatable bonds is 5. The van der Waals surface area contributed by atoms with Crippen LogP contribution in [0, 0.1) is 6.92 Å². The minimum atomic E-state index is -0.487. The zero-order valence-electron chi connectivity index (χ0n) is 14.5. The van der Waals surface area contributed by atoms with Gasteiger partial charge in [-0.05, 0) is 31.2 Å². The minimum Gasteiger partial charge on any atom is -0.504 e. The molecule has 0 bridgehead atoms. The minimum absolute atomic E-state index is 0.0531. The van der Waals surface area contributed by atoms with E-state index in [-0.39, 0.29) is 29.4 Å². The van der Waals surface area contributed by atoms with E-state index in [1.807, 2.05) is 30.3 Å². The fourth-order valence-electron chi connectivity index (χ4n) is 2.61. The molecule has 7 nitrogen and oxygen atoms in total. The summed E-state index contributed by atoms with van der Waals surface area (Å²) < 4.78 is 8.45. The van der Waals surface area contributed by atoms with Crippen LogP contribution in [-0.2, 0) is 11.8 Å². The van der Waals surface area contributed by atoms with E-state index in [9.17, 15) is 14.7 Å². The number of phenols is 1. The van der Waals surface area contributed by atoms with Gasteiger partial charge in [0, 0.05) is 7.05 Å². The molecule has 134 valence electrons. The normalized spacial score (nSPS) is 10.5. The van der Waals surface area contributed by atoms with Crippen LogP contribution < -0.4 is 15.6 Å².